The molecule has 3 aliphatic heterocycles. The molecular formula is C43H46ClNO6. The van der Waals surface area contributed by atoms with Crippen LogP contribution in [0.25, 0.3) is 17.7 Å². The third kappa shape index (κ3) is 6.97. The number of Topliss-reactive ketones (excluding diaryl/α,β-unsaturated/α-hetero) is 1. The molecule has 0 bridgehead atoms. The number of methoxy groups -OCH3 is 2. The molecule has 0 aromatic heterocycles. The number of hydrogen-bond acceptors (Lipinski definition) is 7. The Labute approximate surface area is 307 Å². The van der Waals surface area contributed by atoms with Crippen LogP contribution in [0.5, 0.6) is 28.7 Å². The van der Waals surface area contributed by atoms with Gasteiger partial charge in [0.2, 0.25) is 0 Å². The summed E-state index contributed by atoms with van der Waals surface area (Å²) in [4.78, 5) is 15.8. The number of halogens is 1. The van der Waals surface area contributed by atoms with Crippen molar-refractivity contribution in [2.24, 2.45) is 5.92 Å². The van der Waals surface area contributed by atoms with E-state index in [2.05, 4.69) is 99.6 Å². The zero-order valence-corrected chi connectivity index (χ0v) is 30.9. The largest absolute Gasteiger partial charge is 0.493 e. The Morgan fingerprint density at radius 2 is 1.49 bits per heavy atom. The van der Waals surface area contributed by atoms with Gasteiger partial charge in [-0.15, -0.1) is 12.4 Å². The fourth-order valence-electron chi connectivity index (χ4n) is 7.25. The maximum absolute atomic E-state index is 13.5. The Balaban J connectivity index is 0.000000181. The van der Waals surface area contributed by atoms with Gasteiger partial charge >= 0.3 is 0 Å². The molecule has 3 unspecified atom stereocenters. The molecule has 7 nitrogen and oxygen atoms in total. The van der Waals surface area contributed by atoms with Gasteiger partial charge in [-0.2, -0.15) is 0 Å². The molecule has 0 N–H and O–H groups in total. The summed E-state index contributed by atoms with van der Waals surface area (Å²) in [7, 11) is 7.40. The highest BCUT2D eigenvalue weighted by Crippen LogP contribution is 2.50. The van der Waals surface area contributed by atoms with E-state index in [9.17, 15) is 4.79 Å². The van der Waals surface area contributed by atoms with E-state index in [1.54, 1.807) is 20.3 Å². The number of carbonyl (C=O) groups excluding carboxylic acids is 1. The van der Waals surface area contributed by atoms with E-state index >= 15 is 0 Å². The number of ether oxygens (including phenoxy) is 5. The first-order valence-corrected chi connectivity index (χ1v) is 17.4. The van der Waals surface area contributed by atoms with Gasteiger partial charge in [-0.3, -0.25) is 4.79 Å². The van der Waals surface area contributed by atoms with E-state index in [-0.39, 0.29) is 30.4 Å². The molecule has 4 aromatic rings. The highest BCUT2D eigenvalue weighted by molar-refractivity contribution is 6.06. The number of ketones is 1. The highest BCUT2D eigenvalue weighted by atomic mass is 35.5. The maximum Gasteiger partial charge on any atom is 0.178 e. The summed E-state index contributed by atoms with van der Waals surface area (Å²) in [6.45, 7) is 5.65. The quantitative estimate of drug-likeness (QED) is 0.175. The molecular weight excluding hydrogens is 662 g/mol. The van der Waals surface area contributed by atoms with Crippen LogP contribution in [0, 0.1) is 5.92 Å². The van der Waals surface area contributed by atoms with Crippen LogP contribution in [-0.4, -0.2) is 64.4 Å². The van der Waals surface area contributed by atoms with Crippen molar-refractivity contribution in [3.8, 4) is 28.7 Å². The van der Waals surface area contributed by atoms with E-state index in [0.29, 0.717) is 41.1 Å². The van der Waals surface area contributed by atoms with Crippen LogP contribution >= 0.6 is 12.4 Å². The molecule has 8 heteroatoms. The molecule has 0 radical (unpaired) electrons. The minimum atomic E-state index is -0.438. The minimum absolute atomic E-state index is 0. The second kappa shape index (κ2) is 15.3. The van der Waals surface area contributed by atoms with Crippen LogP contribution in [0.1, 0.15) is 69.9 Å². The van der Waals surface area contributed by atoms with Crippen LogP contribution in [0.2, 0.25) is 0 Å². The fraction of sp³-hybridized carbons (Fsp3) is 0.326. The van der Waals surface area contributed by atoms with Crippen LogP contribution < -0.4 is 23.7 Å². The van der Waals surface area contributed by atoms with Crippen molar-refractivity contribution in [1.29, 1.82) is 0 Å². The first kappa shape index (κ1) is 36.1. The first-order chi connectivity index (χ1) is 24.3. The predicted octanol–water partition coefficient (Wildman–Crippen LogP) is 8.76. The smallest absolute Gasteiger partial charge is 0.178 e. The summed E-state index contributed by atoms with van der Waals surface area (Å²) >= 11 is 0. The van der Waals surface area contributed by atoms with Gasteiger partial charge in [0.15, 0.2) is 17.3 Å². The van der Waals surface area contributed by atoms with E-state index in [0.717, 1.165) is 36.3 Å². The van der Waals surface area contributed by atoms with Gasteiger partial charge in [-0.1, -0.05) is 80.6 Å². The average Bonchev–Trinajstić information content (AvgIpc) is 3.51. The standard InChI is InChI=1S/C23H24O6.C20H21N.ClH/c1-11(2)16-8-14-15(28-16)6-5-12-22(24)21-13-7-18(25-3)19(26-4)9-17(13)27-10-20(21)29-23(12)14;1-21(2)15-7-12-20-18-10-5-3-8-16(18)13-14-17-9-4-6-11-19(17)20;/h5-7,9,11,16,20-21H,8,10H2,1-4H3;3-6,8-14H,7,15H2,1-2H3;1H. The molecule has 4 aromatic carbocycles. The van der Waals surface area contributed by atoms with Gasteiger partial charge in [0.25, 0.3) is 0 Å². The fourth-order valence-corrected chi connectivity index (χ4v) is 7.25. The van der Waals surface area contributed by atoms with Crippen molar-refractivity contribution in [2.45, 2.75) is 44.8 Å². The summed E-state index contributed by atoms with van der Waals surface area (Å²) in [6, 6.07) is 24.6. The third-order valence-electron chi connectivity index (χ3n) is 9.96. The Morgan fingerprint density at radius 1 is 0.843 bits per heavy atom. The van der Waals surface area contributed by atoms with Gasteiger partial charge in [-0.25, -0.2) is 0 Å². The average molecular weight is 708 g/mol. The van der Waals surface area contributed by atoms with Crippen molar-refractivity contribution < 1.29 is 28.5 Å². The van der Waals surface area contributed by atoms with E-state index in [4.69, 9.17) is 23.7 Å². The second-order valence-corrected chi connectivity index (χ2v) is 13.8. The zero-order chi connectivity index (χ0) is 34.9. The lowest BCUT2D eigenvalue weighted by Crippen LogP contribution is -2.43. The van der Waals surface area contributed by atoms with Gasteiger partial charge in [0.05, 0.1) is 25.7 Å². The first-order valence-electron chi connectivity index (χ1n) is 17.4. The molecule has 0 saturated carbocycles. The predicted molar refractivity (Wildman–Crippen MR) is 205 cm³/mol. The zero-order valence-electron chi connectivity index (χ0n) is 30.1. The van der Waals surface area contributed by atoms with Crippen LogP contribution in [0.15, 0.2) is 78.9 Å². The SMILES string of the molecule is CN(C)CCC=C1c2ccccc2C=Cc2ccccc21.COc1cc2c(cc1OC)C1C(=O)c3ccc4c(c3OC1CO2)CC(C(C)C)O4.Cl. The Kier molecular flexibility index (Phi) is 10.8. The molecule has 4 aliphatic rings. The summed E-state index contributed by atoms with van der Waals surface area (Å²) in [5.74, 6) is 3.24. The van der Waals surface area contributed by atoms with E-state index in [1.807, 2.05) is 18.2 Å². The lowest BCUT2D eigenvalue weighted by molar-refractivity contribution is 0.0554. The maximum atomic E-state index is 13.5. The number of rotatable bonds is 6. The topological polar surface area (TPSA) is 66.5 Å². The molecule has 3 heterocycles. The monoisotopic (exact) mass is 707 g/mol. The Hall–Kier alpha value is -4.72. The van der Waals surface area contributed by atoms with Crippen molar-refractivity contribution in [3.05, 3.63) is 118 Å². The van der Waals surface area contributed by atoms with Gasteiger partial charge in [-0.05, 0) is 72.5 Å². The van der Waals surface area contributed by atoms with Crippen LogP contribution in [0.4, 0.5) is 0 Å². The van der Waals surface area contributed by atoms with Crippen molar-refractivity contribution >= 4 is 35.9 Å². The highest BCUT2D eigenvalue weighted by Gasteiger charge is 2.45. The van der Waals surface area contributed by atoms with Crippen molar-refractivity contribution in [1.82, 2.24) is 4.90 Å². The Morgan fingerprint density at radius 3 is 2.12 bits per heavy atom. The second-order valence-electron chi connectivity index (χ2n) is 13.8. The number of hydrogen-bond donors (Lipinski definition) is 0. The number of carbonyl (C=O) groups is 1. The van der Waals surface area contributed by atoms with Gasteiger partial charge in [0, 0.05) is 30.2 Å². The van der Waals surface area contributed by atoms with Gasteiger partial charge < -0.3 is 28.6 Å². The van der Waals surface area contributed by atoms with E-state index in [1.165, 1.54) is 27.8 Å². The summed E-state index contributed by atoms with van der Waals surface area (Å²) in [5.41, 5.74) is 8.98. The molecule has 266 valence electrons. The summed E-state index contributed by atoms with van der Waals surface area (Å²) in [6.07, 6.45) is 8.36. The molecule has 0 spiro atoms. The van der Waals surface area contributed by atoms with Crippen molar-refractivity contribution in [3.63, 3.8) is 0 Å². The van der Waals surface area contributed by atoms with Crippen molar-refractivity contribution in [2.75, 3.05) is 41.5 Å². The lowest BCUT2D eigenvalue weighted by Gasteiger charge is -2.37. The third-order valence-corrected chi connectivity index (χ3v) is 9.96. The van der Waals surface area contributed by atoms with Crippen LogP contribution in [-0.2, 0) is 6.42 Å². The molecule has 3 atom stereocenters. The molecule has 1 aliphatic carbocycles. The van der Waals surface area contributed by atoms with Crippen LogP contribution in [0.3, 0.4) is 0 Å². The number of benzene rings is 4. The number of fused-ring (bicyclic) bond motifs is 8. The summed E-state index contributed by atoms with van der Waals surface area (Å²) < 4.78 is 29.2. The lowest BCUT2D eigenvalue weighted by atomic mass is 9.81. The molecule has 0 amide bonds. The molecule has 51 heavy (non-hydrogen) atoms. The van der Waals surface area contributed by atoms with Gasteiger partial charge in [0.1, 0.15) is 36.1 Å². The molecule has 0 fully saturated rings. The summed E-state index contributed by atoms with van der Waals surface area (Å²) in [5, 5.41) is 0. The normalized spacial score (nSPS) is 18.8. The minimum Gasteiger partial charge on any atom is -0.493 e. The Bertz CT molecular complexity index is 1930. The molecule has 0 saturated heterocycles. The molecule has 8 rings (SSSR count). The van der Waals surface area contributed by atoms with E-state index < -0.39 is 5.92 Å². The number of nitrogens with zero attached hydrogens (tertiary/aromatic N) is 1.